The second kappa shape index (κ2) is 7.25. The van der Waals surface area contributed by atoms with Gasteiger partial charge in [0.1, 0.15) is 17.2 Å². The van der Waals surface area contributed by atoms with Crippen LogP contribution in [0.2, 0.25) is 5.02 Å². The fourth-order valence-corrected chi connectivity index (χ4v) is 3.93. The van der Waals surface area contributed by atoms with Gasteiger partial charge in [-0.3, -0.25) is 9.79 Å². The van der Waals surface area contributed by atoms with E-state index in [1.54, 1.807) is 0 Å². The molecule has 1 heterocycles. The summed E-state index contributed by atoms with van der Waals surface area (Å²) in [4.78, 5) is 16.7. The Kier molecular flexibility index (Phi) is 5.20. The number of benzene rings is 1. The number of carbonyl (C=O) groups excluding carboxylic acids is 1. The number of carbonyl (C=O) groups is 1. The van der Waals surface area contributed by atoms with E-state index in [1.807, 2.05) is 0 Å². The average molecular weight is 380 g/mol. The maximum Gasteiger partial charge on any atom is 0.261 e. The zero-order chi connectivity index (χ0) is 18.9. The normalized spacial score (nSPS) is 22.7. The van der Waals surface area contributed by atoms with Crippen molar-refractivity contribution in [1.82, 2.24) is 5.32 Å². The molecule has 1 unspecified atom stereocenters. The molecule has 1 atom stereocenters. The summed E-state index contributed by atoms with van der Waals surface area (Å²) in [5.41, 5.74) is 13.6. The largest absolute Gasteiger partial charge is 0.401 e. The van der Waals surface area contributed by atoms with Crippen LogP contribution in [0, 0.1) is 17.2 Å². The monoisotopic (exact) mass is 379 g/mol. The Labute approximate surface area is 156 Å². The van der Waals surface area contributed by atoms with Crippen LogP contribution in [-0.2, 0) is 4.79 Å². The van der Waals surface area contributed by atoms with E-state index in [9.17, 15) is 9.18 Å². The predicted molar refractivity (Wildman–Crippen MR) is 101 cm³/mol. The molecule has 1 amide bonds. The number of amidine groups is 1. The van der Waals surface area contributed by atoms with Crippen molar-refractivity contribution >= 4 is 29.0 Å². The molecule has 1 aromatic carbocycles. The summed E-state index contributed by atoms with van der Waals surface area (Å²) < 4.78 is 13.3. The van der Waals surface area contributed by atoms with Gasteiger partial charge in [-0.1, -0.05) is 11.6 Å². The fourth-order valence-electron chi connectivity index (χ4n) is 3.75. The van der Waals surface area contributed by atoms with Gasteiger partial charge in [-0.2, -0.15) is 0 Å². The van der Waals surface area contributed by atoms with Crippen LogP contribution in [0.25, 0.3) is 0 Å². The molecule has 3 rings (SSSR count). The first-order chi connectivity index (χ1) is 12.3. The Morgan fingerprint density at radius 2 is 2.15 bits per heavy atom. The summed E-state index contributed by atoms with van der Waals surface area (Å²) in [6.07, 6.45) is 2.93. The quantitative estimate of drug-likeness (QED) is 0.365. The van der Waals surface area contributed by atoms with Gasteiger partial charge in [0.2, 0.25) is 0 Å². The van der Waals surface area contributed by atoms with Gasteiger partial charge in [0.25, 0.3) is 5.91 Å². The van der Waals surface area contributed by atoms with Crippen LogP contribution >= 0.6 is 11.6 Å². The molecule has 6 nitrogen and oxygen atoms in total. The number of nitrogens with zero attached hydrogens (tertiary/aromatic N) is 1. The van der Waals surface area contributed by atoms with Crippen LogP contribution in [0.5, 0.6) is 0 Å². The zero-order valence-corrected chi connectivity index (χ0v) is 15.4. The summed E-state index contributed by atoms with van der Waals surface area (Å²) in [7, 11) is 1.51. The fraction of sp³-hybridized carbons (Fsp3) is 0.444. The number of amides is 1. The molecule has 0 aromatic heterocycles. The van der Waals surface area contributed by atoms with Gasteiger partial charge in [0.05, 0.1) is 5.02 Å². The van der Waals surface area contributed by atoms with Crippen molar-refractivity contribution in [1.29, 1.82) is 0 Å². The summed E-state index contributed by atoms with van der Waals surface area (Å²) in [6, 6.07) is 3.95. The van der Waals surface area contributed by atoms with Gasteiger partial charge in [-0.05, 0) is 42.9 Å². The first kappa shape index (κ1) is 18.7. The maximum absolute atomic E-state index is 13.3. The lowest BCUT2D eigenvalue weighted by atomic mass is 9.79. The molecule has 1 aromatic rings. The summed E-state index contributed by atoms with van der Waals surface area (Å²) in [5, 5.41) is 5.91. The van der Waals surface area contributed by atoms with E-state index in [2.05, 4.69) is 15.6 Å². The van der Waals surface area contributed by atoms with E-state index in [4.69, 9.17) is 23.1 Å². The minimum atomic E-state index is -0.556. The Morgan fingerprint density at radius 1 is 1.42 bits per heavy atom. The van der Waals surface area contributed by atoms with Crippen molar-refractivity contribution in [2.75, 3.05) is 25.5 Å². The van der Waals surface area contributed by atoms with Gasteiger partial charge in [0.15, 0.2) is 0 Å². The highest BCUT2D eigenvalue weighted by atomic mass is 35.5. The standard InChI is InChI=1S/C18H23ClFN5O/c1-23-16(22)14(15(21)10-4-5-18(7-10)8-24-9-18)17(26)25-11-2-3-13(20)12(19)6-11/h2-3,6,10,24H,4-5,7-9,21H2,1H3,(H2,22,23)(H,25,26). The van der Waals surface area contributed by atoms with Gasteiger partial charge < -0.3 is 22.1 Å². The Morgan fingerprint density at radius 3 is 2.69 bits per heavy atom. The first-order valence-corrected chi connectivity index (χ1v) is 8.92. The van der Waals surface area contributed by atoms with Crippen LogP contribution in [0.4, 0.5) is 10.1 Å². The Balaban J connectivity index is 1.85. The van der Waals surface area contributed by atoms with Crippen LogP contribution in [-0.4, -0.2) is 31.9 Å². The van der Waals surface area contributed by atoms with Crippen LogP contribution in [0.1, 0.15) is 19.3 Å². The highest BCUT2D eigenvalue weighted by molar-refractivity contribution is 6.31. The third-order valence-corrected chi connectivity index (χ3v) is 5.62. The second-order valence-electron chi connectivity index (χ2n) is 7.07. The molecular weight excluding hydrogens is 357 g/mol. The van der Waals surface area contributed by atoms with E-state index in [-0.39, 0.29) is 22.3 Å². The molecule has 2 fully saturated rings. The molecule has 1 aliphatic carbocycles. The number of hydrogen-bond acceptors (Lipinski definition) is 4. The second-order valence-corrected chi connectivity index (χ2v) is 7.47. The minimum Gasteiger partial charge on any atom is -0.401 e. The maximum atomic E-state index is 13.3. The van der Waals surface area contributed by atoms with Crippen molar-refractivity contribution in [2.24, 2.45) is 27.8 Å². The van der Waals surface area contributed by atoms with Gasteiger partial charge in [-0.25, -0.2) is 4.39 Å². The summed E-state index contributed by atoms with van der Waals surface area (Å²) in [6.45, 7) is 1.98. The van der Waals surface area contributed by atoms with Crippen LogP contribution in [0.15, 0.2) is 34.5 Å². The average Bonchev–Trinajstić information content (AvgIpc) is 3.04. The molecule has 1 aliphatic heterocycles. The highest BCUT2D eigenvalue weighted by Gasteiger charge is 2.45. The molecule has 0 bridgehead atoms. The SMILES string of the molecule is CN=C(N)C(C(=O)Nc1ccc(F)c(Cl)c1)=C(N)C1CCC2(CNC2)C1. The molecule has 140 valence electrons. The topological polar surface area (TPSA) is 106 Å². The van der Waals surface area contributed by atoms with Gasteiger partial charge >= 0.3 is 0 Å². The molecular formula is C18H23ClFN5O. The van der Waals surface area contributed by atoms with E-state index >= 15 is 0 Å². The van der Waals surface area contributed by atoms with Crippen molar-refractivity contribution < 1.29 is 9.18 Å². The molecule has 0 radical (unpaired) electrons. The third kappa shape index (κ3) is 3.54. The number of aliphatic imine (C=N–C) groups is 1. The summed E-state index contributed by atoms with van der Waals surface area (Å²) >= 11 is 5.77. The molecule has 1 saturated heterocycles. The minimum absolute atomic E-state index is 0.0753. The first-order valence-electron chi connectivity index (χ1n) is 8.54. The number of nitrogens with one attached hydrogen (secondary N) is 2. The number of hydrogen-bond donors (Lipinski definition) is 4. The molecule has 26 heavy (non-hydrogen) atoms. The summed E-state index contributed by atoms with van der Waals surface area (Å²) in [5.74, 6) is -0.850. The molecule has 2 aliphatic rings. The number of allylic oxidation sites excluding steroid dienone is 1. The number of nitrogens with two attached hydrogens (primary N) is 2. The van der Waals surface area contributed by atoms with E-state index in [0.29, 0.717) is 16.8 Å². The van der Waals surface area contributed by atoms with Crippen molar-refractivity contribution in [3.63, 3.8) is 0 Å². The molecule has 8 heteroatoms. The van der Waals surface area contributed by atoms with Crippen LogP contribution < -0.4 is 22.1 Å². The third-order valence-electron chi connectivity index (χ3n) is 5.33. The molecule has 1 saturated carbocycles. The van der Waals surface area contributed by atoms with E-state index in [0.717, 1.165) is 32.4 Å². The number of anilines is 1. The molecule has 6 N–H and O–H groups in total. The Hall–Kier alpha value is -2.12. The smallest absolute Gasteiger partial charge is 0.261 e. The predicted octanol–water partition coefficient (Wildman–Crippen LogP) is 2.01. The van der Waals surface area contributed by atoms with Crippen molar-refractivity contribution in [3.05, 3.63) is 40.3 Å². The Bertz CT molecular complexity index is 788. The lowest BCUT2D eigenvalue weighted by Gasteiger charge is -2.39. The van der Waals surface area contributed by atoms with Crippen molar-refractivity contribution in [2.45, 2.75) is 19.3 Å². The lowest BCUT2D eigenvalue weighted by Crippen LogP contribution is -2.51. The lowest BCUT2D eigenvalue weighted by molar-refractivity contribution is -0.112. The van der Waals surface area contributed by atoms with Gasteiger partial charge in [0, 0.05) is 37.4 Å². The van der Waals surface area contributed by atoms with Crippen LogP contribution in [0.3, 0.4) is 0 Å². The molecule has 1 spiro atoms. The van der Waals surface area contributed by atoms with E-state index in [1.165, 1.54) is 25.2 Å². The van der Waals surface area contributed by atoms with E-state index < -0.39 is 11.7 Å². The zero-order valence-electron chi connectivity index (χ0n) is 14.6. The van der Waals surface area contributed by atoms with Crippen molar-refractivity contribution in [3.8, 4) is 0 Å². The number of rotatable bonds is 4. The highest BCUT2D eigenvalue weighted by Crippen LogP contribution is 2.46. The van der Waals surface area contributed by atoms with Gasteiger partial charge in [-0.15, -0.1) is 0 Å². The number of halogens is 2.